The van der Waals surface area contributed by atoms with Gasteiger partial charge in [-0.05, 0) is 44.4 Å². The maximum absolute atomic E-state index is 5.85. The first kappa shape index (κ1) is 15.3. The molecule has 1 spiro atoms. The van der Waals surface area contributed by atoms with Gasteiger partial charge in [0.05, 0.1) is 23.0 Å². The minimum absolute atomic E-state index is 0.153. The van der Waals surface area contributed by atoms with E-state index in [0.717, 1.165) is 53.2 Å². The molecule has 3 aromatic heterocycles. The molecule has 3 aromatic rings. The molecular weight excluding hydrogens is 328 g/mol. The number of anilines is 2. The lowest BCUT2D eigenvalue weighted by atomic mass is 9.80. The summed E-state index contributed by atoms with van der Waals surface area (Å²) in [4.78, 5) is 14.9. The Bertz CT molecular complexity index is 990. The minimum atomic E-state index is -0.153. The quantitative estimate of drug-likeness (QED) is 0.753. The van der Waals surface area contributed by atoms with Gasteiger partial charge in [-0.3, -0.25) is 10.3 Å². The first-order valence-corrected chi connectivity index (χ1v) is 8.98. The Balaban J connectivity index is 1.65. The molecule has 132 valence electrons. The highest BCUT2D eigenvalue weighted by Gasteiger charge is 2.41. The lowest BCUT2D eigenvalue weighted by Crippen LogP contribution is -2.36. The molecule has 0 unspecified atom stereocenters. The zero-order chi connectivity index (χ0) is 17.6. The van der Waals surface area contributed by atoms with Crippen LogP contribution in [-0.2, 0) is 11.4 Å². The smallest absolute Gasteiger partial charge is 0.159 e. The summed E-state index contributed by atoms with van der Waals surface area (Å²) in [6, 6.07) is 5.81. The van der Waals surface area contributed by atoms with Gasteiger partial charge in [-0.2, -0.15) is 5.10 Å². The summed E-state index contributed by atoms with van der Waals surface area (Å²) in [6.45, 7) is 2.83. The number of fused-ring (bicyclic) bond motifs is 1. The summed E-state index contributed by atoms with van der Waals surface area (Å²) in [5.74, 6) is 0.781. The van der Waals surface area contributed by atoms with Gasteiger partial charge in [0.1, 0.15) is 11.4 Å². The van der Waals surface area contributed by atoms with Crippen LogP contribution < -0.4 is 10.8 Å². The highest BCUT2D eigenvalue weighted by molar-refractivity contribution is 5.97. The summed E-state index contributed by atoms with van der Waals surface area (Å²) >= 11 is 0. The van der Waals surface area contributed by atoms with Crippen LogP contribution in [0.2, 0.25) is 0 Å². The number of nitrogens with one attached hydrogen (secondary N) is 2. The number of aryl methyl sites for hydroxylation is 1. The topological polar surface area (TPSA) is 76.9 Å². The molecule has 4 heterocycles. The van der Waals surface area contributed by atoms with Crippen molar-refractivity contribution < 1.29 is 4.84 Å². The molecule has 1 aliphatic carbocycles. The van der Waals surface area contributed by atoms with Crippen LogP contribution in [0.1, 0.15) is 31.7 Å². The van der Waals surface area contributed by atoms with E-state index in [-0.39, 0.29) is 5.60 Å². The standard InChI is InChI=1S/C19H20N6O/c1-2-25-18-14(12-22-25)17(23-16-6-3-4-9-20-16)13(11-21-18)15-10-19(26-24-15)7-5-8-19/h3-4,6,9-12,24H,2,5,7-8H2,1H3,(H,20,21,23). The second-order valence-corrected chi connectivity index (χ2v) is 6.76. The van der Waals surface area contributed by atoms with Crippen LogP contribution in [0.25, 0.3) is 16.7 Å². The number of rotatable bonds is 4. The molecule has 0 bridgehead atoms. The molecule has 1 saturated carbocycles. The summed E-state index contributed by atoms with van der Waals surface area (Å²) in [5, 5.41) is 8.88. The van der Waals surface area contributed by atoms with Crippen LogP contribution in [0, 0.1) is 0 Å². The van der Waals surface area contributed by atoms with Gasteiger partial charge in [0.2, 0.25) is 0 Å². The average Bonchev–Trinajstić information content (AvgIpc) is 3.27. The van der Waals surface area contributed by atoms with Crippen molar-refractivity contribution in [2.24, 2.45) is 0 Å². The van der Waals surface area contributed by atoms with Crippen LogP contribution in [0.5, 0.6) is 0 Å². The third kappa shape index (κ3) is 2.35. The van der Waals surface area contributed by atoms with Gasteiger partial charge in [0.25, 0.3) is 0 Å². The van der Waals surface area contributed by atoms with Crippen molar-refractivity contribution in [3.05, 3.63) is 48.4 Å². The number of nitrogens with zero attached hydrogens (tertiary/aromatic N) is 4. The van der Waals surface area contributed by atoms with E-state index in [9.17, 15) is 0 Å². The predicted octanol–water partition coefficient (Wildman–Crippen LogP) is 3.39. The Labute approximate surface area is 151 Å². The molecule has 0 saturated heterocycles. The Morgan fingerprint density at radius 2 is 2.19 bits per heavy atom. The van der Waals surface area contributed by atoms with E-state index in [2.05, 4.69) is 38.9 Å². The fourth-order valence-electron chi connectivity index (χ4n) is 3.54. The van der Waals surface area contributed by atoms with Crippen molar-refractivity contribution in [3.8, 4) is 0 Å². The molecular formula is C19H20N6O. The van der Waals surface area contributed by atoms with Crippen molar-refractivity contribution in [3.63, 3.8) is 0 Å². The molecule has 0 aromatic carbocycles. The van der Waals surface area contributed by atoms with Gasteiger partial charge in [0.15, 0.2) is 5.65 Å². The molecule has 7 heteroatoms. The highest BCUT2D eigenvalue weighted by atomic mass is 16.7. The lowest BCUT2D eigenvalue weighted by Gasteiger charge is -2.33. The van der Waals surface area contributed by atoms with E-state index in [1.54, 1.807) is 6.20 Å². The molecule has 1 aliphatic heterocycles. The summed E-state index contributed by atoms with van der Waals surface area (Å²) in [6.07, 6.45) is 11.0. The second kappa shape index (κ2) is 5.81. The van der Waals surface area contributed by atoms with Gasteiger partial charge in [-0.15, -0.1) is 0 Å². The number of hydroxylamine groups is 1. The maximum Gasteiger partial charge on any atom is 0.159 e. The largest absolute Gasteiger partial charge is 0.339 e. The molecule has 7 nitrogen and oxygen atoms in total. The molecule has 1 fully saturated rings. The molecule has 0 atom stereocenters. The van der Waals surface area contributed by atoms with E-state index in [0.29, 0.717) is 0 Å². The van der Waals surface area contributed by atoms with E-state index >= 15 is 0 Å². The lowest BCUT2D eigenvalue weighted by molar-refractivity contribution is -0.0821. The Morgan fingerprint density at radius 1 is 1.27 bits per heavy atom. The van der Waals surface area contributed by atoms with Crippen molar-refractivity contribution in [2.45, 2.75) is 38.3 Å². The Kier molecular flexibility index (Phi) is 3.43. The van der Waals surface area contributed by atoms with Gasteiger partial charge < -0.3 is 5.32 Å². The predicted molar refractivity (Wildman–Crippen MR) is 99.5 cm³/mol. The fraction of sp³-hybridized carbons (Fsp3) is 0.316. The summed E-state index contributed by atoms with van der Waals surface area (Å²) in [7, 11) is 0. The number of aromatic nitrogens is 4. The zero-order valence-electron chi connectivity index (χ0n) is 14.6. The third-order valence-corrected chi connectivity index (χ3v) is 5.15. The molecule has 0 amide bonds. The number of pyridine rings is 2. The van der Waals surface area contributed by atoms with E-state index in [4.69, 9.17) is 4.84 Å². The maximum atomic E-state index is 5.85. The van der Waals surface area contributed by atoms with Crippen molar-refractivity contribution in [2.75, 3.05) is 5.32 Å². The monoisotopic (exact) mass is 348 g/mol. The van der Waals surface area contributed by atoms with Crippen molar-refractivity contribution in [1.82, 2.24) is 25.2 Å². The number of hydrogen-bond acceptors (Lipinski definition) is 6. The molecule has 2 N–H and O–H groups in total. The second-order valence-electron chi connectivity index (χ2n) is 6.76. The Morgan fingerprint density at radius 3 is 2.88 bits per heavy atom. The van der Waals surface area contributed by atoms with Crippen molar-refractivity contribution >= 4 is 28.2 Å². The van der Waals surface area contributed by atoms with Crippen LogP contribution >= 0.6 is 0 Å². The van der Waals surface area contributed by atoms with E-state index in [1.165, 1.54) is 6.42 Å². The average molecular weight is 348 g/mol. The SMILES string of the molecule is CCn1ncc2c(Nc3ccccn3)c(C3=CC4(CCC4)ON3)cnc21. The first-order chi connectivity index (χ1) is 12.8. The van der Waals surface area contributed by atoms with E-state index in [1.807, 2.05) is 35.3 Å². The molecule has 2 aliphatic rings. The molecule has 26 heavy (non-hydrogen) atoms. The normalized spacial score (nSPS) is 17.8. The third-order valence-electron chi connectivity index (χ3n) is 5.15. The van der Waals surface area contributed by atoms with Gasteiger partial charge >= 0.3 is 0 Å². The van der Waals surface area contributed by atoms with Crippen LogP contribution in [-0.4, -0.2) is 25.3 Å². The highest BCUT2D eigenvalue weighted by Crippen LogP contribution is 2.43. The first-order valence-electron chi connectivity index (χ1n) is 8.98. The molecule has 5 rings (SSSR count). The minimum Gasteiger partial charge on any atom is -0.339 e. The summed E-state index contributed by atoms with van der Waals surface area (Å²) < 4.78 is 1.89. The zero-order valence-corrected chi connectivity index (χ0v) is 14.6. The number of hydrogen-bond donors (Lipinski definition) is 2. The Hall–Kier alpha value is -2.93. The summed E-state index contributed by atoms with van der Waals surface area (Å²) in [5.41, 5.74) is 6.66. The van der Waals surface area contributed by atoms with Crippen LogP contribution in [0.15, 0.2) is 42.9 Å². The van der Waals surface area contributed by atoms with Gasteiger partial charge in [0, 0.05) is 24.5 Å². The fourth-order valence-corrected chi connectivity index (χ4v) is 3.54. The van der Waals surface area contributed by atoms with Crippen molar-refractivity contribution in [1.29, 1.82) is 0 Å². The van der Waals surface area contributed by atoms with Gasteiger partial charge in [-0.25, -0.2) is 14.6 Å². The van der Waals surface area contributed by atoms with Crippen LogP contribution in [0.3, 0.4) is 0 Å². The van der Waals surface area contributed by atoms with Crippen LogP contribution in [0.4, 0.5) is 11.5 Å². The van der Waals surface area contributed by atoms with E-state index < -0.39 is 0 Å². The van der Waals surface area contributed by atoms with Gasteiger partial charge in [-0.1, -0.05) is 6.07 Å². The molecule has 0 radical (unpaired) electrons.